The maximum absolute atomic E-state index is 11.2. The number of carbonyl (C=O) groups excluding carboxylic acids is 1. The van der Waals surface area contributed by atoms with Crippen molar-refractivity contribution in [3.05, 3.63) is 0 Å². The molecule has 7 N–H and O–H groups in total. The zero-order valence-corrected chi connectivity index (χ0v) is 9.67. The van der Waals surface area contributed by atoms with Gasteiger partial charge < -0.3 is 26.5 Å². The molecule has 9 heteroatoms. The Bertz CT molecular complexity index is 309. The van der Waals surface area contributed by atoms with Crippen LogP contribution in [0.2, 0.25) is 0 Å². The minimum Gasteiger partial charge on any atom is -0.481 e. The number of carbonyl (C=O) groups is 3. The van der Waals surface area contributed by atoms with E-state index >= 15 is 0 Å². The highest BCUT2D eigenvalue weighted by molar-refractivity contribution is 5.81. The van der Waals surface area contributed by atoms with Crippen molar-refractivity contribution in [1.82, 2.24) is 5.48 Å². The van der Waals surface area contributed by atoms with Gasteiger partial charge in [0.2, 0.25) is 0 Å². The molecule has 0 amide bonds. The van der Waals surface area contributed by atoms with E-state index < -0.39 is 36.4 Å². The number of rotatable bonds is 9. The molecule has 104 valence electrons. The highest BCUT2D eigenvalue weighted by Crippen LogP contribution is 1.98. The van der Waals surface area contributed by atoms with Crippen LogP contribution in [-0.2, 0) is 19.2 Å². The fourth-order valence-electron chi connectivity index (χ4n) is 1.03. The van der Waals surface area contributed by atoms with E-state index in [1.165, 1.54) is 0 Å². The Morgan fingerprint density at radius 2 is 1.89 bits per heavy atom. The van der Waals surface area contributed by atoms with Crippen molar-refractivity contribution in [3.63, 3.8) is 0 Å². The molecule has 0 spiro atoms. The van der Waals surface area contributed by atoms with E-state index in [0.717, 1.165) is 0 Å². The number of nitrogens with one attached hydrogen (secondary N) is 1. The number of hydrogen-bond acceptors (Lipinski definition) is 7. The molecular weight excluding hydrogens is 246 g/mol. The number of carboxylic acid groups (broad SMARTS) is 2. The van der Waals surface area contributed by atoms with E-state index in [0.29, 0.717) is 13.0 Å². The normalized spacial score (nSPS) is 13.7. The molecule has 0 aromatic carbocycles. The van der Waals surface area contributed by atoms with Crippen LogP contribution in [0.4, 0.5) is 0 Å². The van der Waals surface area contributed by atoms with Gasteiger partial charge in [0.15, 0.2) is 0 Å². The molecule has 0 rings (SSSR count). The van der Waals surface area contributed by atoms with Crippen LogP contribution in [0.1, 0.15) is 19.3 Å². The van der Waals surface area contributed by atoms with Crippen LogP contribution in [0, 0.1) is 0 Å². The molecule has 0 heterocycles. The summed E-state index contributed by atoms with van der Waals surface area (Å²) in [7, 11) is 0. The molecular formula is C9H17N3O6. The highest BCUT2D eigenvalue weighted by atomic mass is 16.7. The SMILES string of the molecule is NCCCC(NOC(=O)C(N)CC(=O)O)C(=O)O. The lowest BCUT2D eigenvalue weighted by atomic mass is 10.2. The fourth-order valence-corrected chi connectivity index (χ4v) is 1.03. The van der Waals surface area contributed by atoms with E-state index in [4.69, 9.17) is 21.7 Å². The summed E-state index contributed by atoms with van der Waals surface area (Å²) < 4.78 is 0. The molecule has 0 fully saturated rings. The monoisotopic (exact) mass is 263 g/mol. The Kier molecular flexibility index (Phi) is 7.59. The van der Waals surface area contributed by atoms with E-state index in [1.54, 1.807) is 0 Å². The molecule has 0 radical (unpaired) electrons. The van der Waals surface area contributed by atoms with Crippen LogP contribution < -0.4 is 16.9 Å². The third-order valence-electron chi connectivity index (χ3n) is 1.99. The number of nitrogens with two attached hydrogens (primary N) is 2. The first-order valence-electron chi connectivity index (χ1n) is 5.25. The number of hydrogen-bond donors (Lipinski definition) is 5. The molecule has 2 atom stereocenters. The Hall–Kier alpha value is -1.71. The van der Waals surface area contributed by atoms with Crippen LogP contribution in [0.25, 0.3) is 0 Å². The number of carboxylic acids is 2. The zero-order valence-electron chi connectivity index (χ0n) is 9.67. The topological polar surface area (TPSA) is 165 Å². The second-order valence-electron chi connectivity index (χ2n) is 3.57. The van der Waals surface area contributed by atoms with Gasteiger partial charge in [-0.25, -0.2) is 4.79 Å². The first-order valence-corrected chi connectivity index (χ1v) is 5.25. The van der Waals surface area contributed by atoms with E-state index in [2.05, 4.69) is 4.84 Å². The van der Waals surface area contributed by atoms with Gasteiger partial charge in [-0.15, -0.1) is 5.48 Å². The quantitative estimate of drug-likeness (QED) is 0.296. The van der Waals surface area contributed by atoms with Crippen molar-refractivity contribution in [2.24, 2.45) is 11.5 Å². The van der Waals surface area contributed by atoms with Crippen molar-refractivity contribution in [2.45, 2.75) is 31.3 Å². The molecule has 0 aliphatic heterocycles. The highest BCUT2D eigenvalue weighted by Gasteiger charge is 2.22. The first-order chi connectivity index (χ1) is 8.38. The van der Waals surface area contributed by atoms with Gasteiger partial charge in [0, 0.05) is 0 Å². The van der Waals surface area contributed by atoms with E-state index in [1.807, 2.05) is 5.48 Å². The minimum absolute atomic E-state index is 0.174. The Balaban J connectivity index is 4.13. The molecule has 2 unspecified atom stereocenters. The van der Waals surface area contributed by atoms with Crippen LogP contribution >= 0.6 is 0 Å². The van der Waals surface area contributed by atoms with Gasteiger partial charge in [-0.05, 0) is 19.4 Å². The van der Waals surface area contributed by atoms with Crippen molar-refractivity contribution in [1.29, 1.82) is 0 Å². The summed E-state index contributed by atoms with van der Waals surface area (Å²) in [5.41, 5.74) is 12.5. The Morgan fingerprint density at radius 3 is 2.33 bits per heavy atom. The fraction of sp³-hybridized carbons (Fsp3) is 0.667. The van der Waals surface area contributed by atoms with Crippen molar-refractivity contribution < 1.29 is 29.4 Å². The van der Waals surface area contributed by atoms with Gasteiger partial charge >= 0.3 is 17.9 Å². The lowest BCUT2D eigenvalue weighted by Gasteiger charge is -2.15. The van der Waals surface area contributed by atoms with Crippen LogP contribution in [0.3, 0.4) is 0 Å². The lowest BCUT2D eigenvalue weighted by Crippen LogP contribution is -2.43. The second kappa shape index (κ2) is 8.39. The van der Waals surface area contributed by atoms with Gasteiger partial charge in [-0.1, -0.05) is 0 Å². The molecule has 0 bridgehead atoms. The standard InChI is InChI=1S/C9H17N3O6/c10-3-1-2-6(8(15)16)12-18-9(17)5(11)4-7(13)14/h5-6,12H,1-4,10-11H2,(H,13,14)(H,15,16). The van der Waals surface area contributed by atoms with E-state index in [-0.39, 0.29) is 6.42 Å². The third kappa shape index (κ3) is 6.78. The molecule has 9 nitrogen and oxygen atoms in total. The van der Waals surface area contributed by atoms with Crippen LogP contribution in [0.15, 0.2) is 0 Å². The average Bonchev–Trinajstić information content (AvgIpc) is 2.27. The van der Waals surface area contributed by atoms with Gasteiger partial charge in [0.1, 0.15) is 12.1 Å². The summed E-state index contributed by atoms with van der Waals surface area (Å²) in [5, 5.41) is 17.2. The summed E-state index contributed by atoms with van der Waals surface area (Å²) in [6.07, 6.45) is 0.0109. The van der Waals surface area contributed by atoms with E-state index in [9.17, 15) is 14.4 Å². The van der Waals surface area contributed by atoms with Crippen molar-refractivity contribution in [2.75, 3.05) is 6.54 Å². The smallest absolute Gasteiger partial charge is 0.342 e. The van der Waals surface area contributed by atoms with Gasteiger partial charge in [0.25, 0.3) is 0 Å². The molecule has 0 aromatic rings. The Morgan fingerprint density at radius 1 is 1.28 bits per heavy atom. The van der Waals surface area contributed by atoms with Gasteiger partial charge in [0.05, 0.1) is 6.42 Å². The van der Waals surface area contributed by atoms with Crippen LogP contribution in [-0.4, -0.2) is 46.7 Å². The lowest BCUT2D eigenvalue weighted by molar-refractivity contribution is -0.161. The largest absolute Gasteiger partial charge is 0.481 e. The summed E-state index contributed by atoms with van der Waals surface area (Å²) in [5.74, 6) is -3.49. The maximum Gasteiger partial charge on any atom is 0.342 e. The van der Waals surface area contributed by atoms with Gasteiger partial charge in [-0.3, -0.25) is 9.59 Å². The molecule has 18 heavy (non-hydrogen) atoms. The molecule has 0 aliphatic rings. The molecule has 0 saturated carbocycles. The summed E-state index contributed by atoms with van der Waals surface area (Å²) in [6, 6.07) is -2.45. The third-order valence-corrected chi connectivity index (χ3v) is 1.99. The number of aliphatic carboxylic acids is 2. The predicted octanol–water partition coefficient (Wildman–Crippen LogP) is -1.97. The molecule has 0 aromatic heterocycles. The van der Waals surface area contributed by atoms with Crippen LogP contribution in [0.5, 0.6) is 0 Å². The maximum atomic E-state index is 11.2. The van der Waals surface area contributed by atoms with Crippen molar-refractivity contribution in [3.8, 4) is 0 Å². The molecule has 0 aliphatic carbocycles. The Labute approximate surface area is 103 Å². The minimum atomic E-state index is -1.35. The molecule has 0 saturated heterocycles. The zero-order chi connectivity index (χ0) is 14.1. The predicted molar refractivity (Wildman–Crippen MR) is 59.2 cm³/mol. The number of hydroxylamine groups is 1. The van der Waals surface area contributed by atoms with Gasteiger partial charge in [-0.2, -0.15) is 0 Å². The average molecular weight is 263 g/mol. The summed E-state index contributed by atoms with van der Waals surface area (Å²) in [6.45, 7) is 0.304. The first kappa shape index (κ1) is 16.3. The van der Waals surface area contributed by atoms with Crippen molar-refractivity contribution >= 4 is 17.9 Å². The summed E-state index contributed by atoms with van der Waals surface area (Å²) >= 11 is 0. The summed E-state index contributed by atoms with van der Waals surface area (Å²) in [4.78, 5) is 36.6. The second-order valence-corrected chi connectivity index (χ2v) is 3.57.